The first-order valence-corrected chi connectivity index (χ1v) is 11.3. The summed E-state index contributed by atoms with van der Waals surface area (Å²) in [7, 11) is 3.92. The lowest BCUT2D eigenvalue weighted by atomic mass is 10.1. The highest BCUT2D eigenvalue weighted by atomic mass is 16.5. The number of carbonyl (C=O) groups is 2. The second-order valence-electron chi connectivity index (χ2n) is 8.64. The molecule has 0 saturated carbocycles. The van der Waals surface area contributed by atoms with E-state index in [9.17, 15) is 9.59 Å². The number of fused-ring (bicyclic) bond motifs is 1. The molecular weight excluding hydrogens is 426 g/mol. The summed E-state index contributed by atoms with van der Waals surface area (Å²) in [5.41, 5.74) is 4.30. The van der Waals surface area contributed by atoms with E-state index in [1.54, 1.807) is 23.1 Å². The SMILES string of the molecule is Cc1cccc(CN2C(=O)C(=Cc3ccc(C(=O)NCCN(C)C)cc3)Oc3ccccc32)c1. The van der Waals surface area contributed by atoms with Crippen molar-refractivity contribution in [3.63, 3.8) is 0 Å². The van der Waals surface area contributed by atoms with Gasteiger partial charge in [0.05, 0.1) is 12.2 Å². The number of rotatable bonds is 7. The van der Waals surface area contributed by atoms with E-state index in [4.69, 9.17) is 4.74 Å². The molecule has 0 atom stereocenters. The highest BCUT2D eigenvalue weighted by Crippen LogP contribution is 2.36. The van der Waals surface area contributed by atoms with Gasteiger partial charge in [-0.1, -0.05) is 54.1 Å². The largest absolute Gasteiger partial charge is 0.449 e. The third-order valence-corrected chi connectivity index (χ3v) is 5.57. The molecule has 1 aliphatic heterocycles. The van der Waals surface area contributed by atoms with E-state index >= 15 is 0 Å². The van der Waals surface area contributed by atoms with Crippen LogP contribution in [0.15, 0.2) is 78.6 Å². The minimum absolute atomic E-state index is 0.121. The van der Waals surface area contributed by atoms with Crippen molar-refractivity contribution < 1.29 is 14.3 Å². The molecule has 0 saturated heterocycles. The van der Waals surface area contributed by atoms with E-state index in [2.05, 4.69) is 11.4 Å². The summed E-state index contributed by atoms with van der Waals surface area (Å²) in [5, 5.41) is 2.90. The van der Waals surface area contributed by atoms with Gasteiger partial charge in [0.15, 0.2) is 11.5 Å². The monoisotopic (exact) mass is 455 g/mol. The van der Waals surface area contributed by atoms with Crippen molar-refractivity contribution in [2.75, 3.05) is 32.1 Å². The molecule has 1 N–H and O–H groups in total. The summed E-state index contributed by atoms with van der Waals surface area (Å²) in [6.07, 6.45) is 1.72. The van der Waals surface area contributed by atoms with Crippen molar-refractivity contribution >= 4 is 23.6 Å². The number of hydrogen-bond donors (Lipinski definition) is 1. The minimum atomic E-state index is -0.203. The number of hydrogen-bond acceptors (Lipinski definition) is 4. The van der Waals surface area contributed by atoms with Crippen molar-refractivity contribution in [1.82, 2.24) is 10.2 Å². The highest BCUT2D eigenvalue weighted by Gasteiger charge is 2.30. The maximum Gasteiger partial charge on any atom is 0.294 e. The van der Waals surface area contributed by atoms with Gasteiger partial charge in [-0.25, -0.2) is 0 Å². The van der Waals surface area contributed by atoms with E-state index in [0.29, 0.717) is 24.4 Å². The van der Waals surface area contributed by atoms with Crippen LogP contribution in [-0.2, 0) is 11.3 Å². The van der Waals surface area contributed by atoms with Gasteiger partial charge in [-0.3, -0.25) is 14.5 Å². The Morgan fingerprint density at radius 1 is 1.03 bits per heavy atom. The van der Waals surface area contributed by atoms with Crippen LogP contribution < -0.4 is 15.0 Å². The molecule has 6 heteroatoms. The molecule has 0 radical (unpaired) electrons. The molecule has 0 bridgehead atoms. The summed E-state index contributed by atoms with van der Waals surface area (Å²) in [6, 6.07) is 22.8. The molecular formula is C28H29N3O3. The Morgan fingerprint density at radius 3 is 2.53 bits per heavy atom. The molecule has 0 spiro atoms. The van der Waals surface area contributed by atoms with Crippen molar-refractivity contribution in [2.24, 2.45) is 0 Å². The number of ether oxygens (including phenoxy) is 1. The normalized spacial score (nSPS) is 14.2. The molecule has 3 aromatic carbocycles. The fourth-order valence-corrected chi connectivity index (χ4v) is 3.79. The van der Waals surface area contributed by atoms with Crippen molar-refractivity contribution in [1.29, 1.82) is 0 Å². The molecule has 174 valence electrons. The van der Waals surface area contributed by atoms with E-state index in [1.807, 2.05) is 80.5 Å². The maximum atomic E-state index is 13.4. The quantitative estimate of drug-likeness (QED) is 0.541. The van der Waals surface area contributed by atoms with Crippen molar-refractivity contribution in [2.45, 2.75) is 13.5 Å². The third-order valence-electron chi connectivity index (χ3n) is 5.57. The number of aryl methyl sites for hydroxylation is 1. The van der Waals surface area contributed by atoms with Gasteiger partial charge in [-0.15, -0.1) is 0 Å². The number of nitrogens with one attached hydrogen (secondary N) is 1. The first-order chi connectivity index (χ1) is 16.4. The molecule has 34 heavy (non-hydrogen) atoms. The van der Waals surface area contributed by atoms with Crippen LogP contribution in [0.4, 0.5) is 5.69 Å². The predicted molar refractivity (Wildman–Crippen MR) is 135 cm³/mol. The summed E-state index contributed by atoms with van der Waals surface area (Å²) in [5.74, 6) is 0.558. The van der Waals surface area contributed by atoms with Crippen LogP contribution in [0.5, 0.6) is 5.75 Å². The topological polar surface area (TPSA) is 61.9 Å². The average molecular weight is 456 g/mol. The lowest BCUT2D eigenvalue weighted by molar-refractivity contribution is -0.117. The van der Waals surface area contributed by atoms with Crippen LogP contribution in [0.2, 0.25) is 0 Å². The van der Waals surface area contributed by atoms with Gasteiger partial charge in [0.25, 0.3) is 11.8 Å². The molecule has 0 unspecified atom stereocenters. The lowest BCUT2D eigenvalue weighted by Gasteiger charge is -2.30. The van der Waals surface area contributed by atoms with Gasteiger partial charge in [0, 0.05) is 18.7 Å². The van der Waals surface area contributed by atoms with Gasteiger partial charge >= 0.3 is 0 Å². The fraction of sp³-hybridized carbons (Fsp3) is 0.214. The van der Waals surface area contributed by atoms with Crippen molar-refractivity contribution in [3.8, 4) is 5.75 Å². The zero-order chi connectivity index (χ0) is 24.1. The molecule has 0 fully saturated rings. The van der Waals surface area contributed by atoms with Crippen LogP contribution in [0.3, 0.4) is 0 Å². The number of nitrogens with zero attached hydrogens (tertiary/aromatic N) is 2. The molecule has 1 aliphatic rings. The van der Waals surface area contributed by atoms with Gasteiger partial charge in [-0.2, -0.15) is 0 Å². The number of para-hydroxylation sites is 2. The number of amides is 2. The molecule has 6 nitrogen and oxygen atoms in total. The summed E-state index contributed by atoms with van der Waals surface area (Å²) in [6.45, 7) is 3.84. The van der Waals surface area contributed by atoms with Crippen LogP contribution >= 0.6 is 0 Å². The second kappa shape index (κ2) is 10.4. The van der Waals surface area contributed by atoms with E-state index in [1.165, 1.54) is 0 Å². The molecule has 2 amide bonds. The molecule has 0 aromatic heterocycles. The molecule has 1 heterocycles. The van der Waals surface area contributed by atoms with Crippen LogP contribution in [-0.4, -0.2) is 43.9 Å². The standard InChI is InChI=1S/C28H29N3O3/c1-20-7-6-8-22(17-20)19-31-24-9-4-5-10-25(24)34-26(28(31)33)18-21-11-13-23(14-12-21)27(32)29-15-16-30(2)3/h4-14,17-18H,15-16,19H2,1-3H3,(H,29,32). The summed E-state index contributed by atoms with van der Waals surface area (Å²) >= 11 is 0. The zero-order valence-electron chi connectivity index (χ0n) is 19.7. The highest BCUT2D eigenvalue weighted by molar-refractivity contribution is 6.09. The molecule has 4 rings (SSSR count). The Labute approximate surface area is 200 Å². The Hall–Kier alpha value is -3.90. The Bertz CT molecular complexity index is 1220. The second-order valence-corrected chi connectivity index (χ2v) is 8.64. The minimum Gasteiger partial charge on any atom is -0.449 e. The van der Waals surface area contributed by atoms with Crippen LogP contribution in [0, 0.1) is 6.92 Å². The average Bonchev–Trinajstić information content (AvgIpc) is 2.82. The molecule has 3 aromatic rings. The van der Waals surface area contributed by atoms with Gasteiger partial charge in [0.1, 0.15) is 0 Å². The Balaban J connectivity index is 1.55. The molecule has 0 aliphatic carbocycles. The smallest absolute Gasteiger partial charge is 0.294 e. The van der Waals surface area contributed by atoms with Crippen LogP contribution in [0.1, 0.15) is 27.0 Å². The number of benzene rings is 3. The number of anilines is 1. The first kappa shape index (κ1) is 23.3. The Kier molecular flexibility index (Phi) is 7.09. The van der Waals surface area contributed by atoms with Crippen molar-refractivity contribution in [3.05, 3.63) is 101 Å². The van der Waals surface area contributed by atoms with Gasteiger partial charge < -0.3 is 15.0 Å². The number of carbonyl (C=O) groups excluding carboxylic acids is 2. The van der Waals surface area contributed by atoms with E-state index < -0.39 is 0 Å². The summed E-state index contributed by atoms with van der Waals surface area (Å²) in [4.78, 5) is 29.5. The fourth-order valence-electron chi connectivity index (χ4n) is 3.79. The number of likely N-dealkylation sites (N-methyl/N-ethyl adjacent to an activating group) is 1. The van der Waals surface area contributed by atoms with Gasteiger partial charge in [0.2, 0.25) is 0 Å². The Morgan fingerprint density at radius 2 is 1.79 bits per heavy atom. The lowest BCUT2D eigenvalue weighted by Crippen LogP contribution is -2.36. The first-order valence-electron chi connectivity index (χ1n) is 11.3. The zero-order valence-corrected chi connectivity index (χ0v) is 19.7. The van der Waals surface area contributed by atoms with Gasteiger partial charge in [-0.05, 0) is 62.5 Å². The van der Waals surface area contributed by atoms with Crippen LogP contribution in [0.25, 0.3) is 6.08 Å². The van der Waals surface area contributed by atoms with E-state index in [-0.39, 0.29) is 17.6 Å². The third kappa shape index (κ3) is 5.53. The maximum absolute atomic E-state index is 13.4. The summed E-state index contributed by atoms with van der Waals surface area (Å²) < 4.78 is 5.98. The predicted octanol–water partition coefficient (Wildman–Crippen LogP) is 4.25. The van der Waals surface area contributed by atoms with E-state index in [0.717, 1.165) is 28.9 Å².